The molecule has 0 fully saturated rings. The van der Waals surface area contributed by atoms with Gasteiger partial charge in [0.2, 0.25) is 0 Å². The van der Waals surface area contributed by atoms with E-state index < -0.39 is 5.97 Å². The van der Waals surface area contributed by atoms with Crippen LogP contribution in [0, 0.1) is 6.92 Å². The van der Waals surface area contributed by atoms with E-state index in [1.165, 1.54) is 5.56 Å². The highest BCUT2D eigenvalue weighted by atomic mass is 16.4. The van der Waals surface area contributed by atoms with Gasteiger partial charge in [0.25, 0.3) is 0 Å². The van der Waals surface area contributed by atoms with Gasteiger partial charge in [-0.1, -0.05) is 50.6 Å². The van der Waals surface area contributed by atoms with Crippen molar-refractivity contribution < 1.29 is 9.90 Å². The molecule has 4 heteroatoms. The smallest absolute Gasteiger partial charge is 0.339 e. The zero-order chi connectivity index (χ0) is 15.6. The van der Waals surface area contributed by atoms with Gasteiger partial charge < -0.3 is 5.11 Å². The fraction of sp³-hybridized carbons (Fsp3) is 0.353. The monoisotopic (exact) mass is 284 g/mol. The summed E-state index contributed by atoms with van der Waals surface area (Å²) in [5.41, 5.74) is 3.53. The minimum absolute atomic E-state index is 0.0357. The van der Waals surface area contributed by atoms with Crippen molar-refractivity contribution in [3.8, 4) is 11.4 Å². The van der Waals surface area contributed by atoms with Gasteiger partial charge >= 0.3 is 5.97 Å². The Hall–Kier alpha value is -2.23. The molecule has 0 atom stereocenters. The maximum absolute atomic E-state index is 11.5. The molecule has 0 unspecified atom stereocenters. The van der Waals surface area contributed by atoms with E-state index in [2.05, 4.69) is 9.97 Å². The predicted octanol–water partition coefficient (Wildman–Crippen LogP) is 3.84. The normalized spacial score (nSPS) is 10.9. The van der Waals surface area contributed by atoms with Gasteiger partial charge in [0.1, 0.15) is 5.56 Å². The summed E-state index contributed by atoms with van der Waals surface area (Å²) in [5, 5.41) is 9.44. The Bertz CT molecular complexity index is 661. The van der Waals surface area contributed by atoms with Gasteiger partial charge in [-0.2, -0.15) is 0 Å². The summed E-state index contributed by atoms with van der Waals surface area (Å²) in [6, 6.07) is 7.94. The molecule has 2 aromatic rings. The third-order valence-corrected chi connectivity index (χ3v) is 3.42. The van der Waals surface area contributed by atoms with Gasteiger partial charge in [0.05, 0.1) is 11.4 Å². The lowest BCUT2D eigenvalue weighted by molar-refractivity contribution is 0.0693. The quantitative estimate of drug-likeness (QED) is 0.926. The van der Waals surface area contributed by atoms with Gasteiger partial charge in [-0.25, -0.2) is 14.8 Å². The lowest BCUT2D eigenvalue weighted by atomic mass is 10.0. The standard InChI is InChI=1S/C17H20N2O2/c1-5-13-14(17(20)21)15(10(2)3)19-16(18-13)12-8-6-11(4)7-9-12/h6-10H,5H2,1-4H3,(H,20,21). The van der Waals surface area contributed by atoms with Crippen molar-refractivity contribution in [2.75, 3.05) is 0 Å². The molecule has 1 heterocycles. The van der Waals surface area contributed by atoms with Crippen LogP contribution in [-0.2, 0) is 6.42 Å². The molecule has 0 saturated heterocycles. The average Bonchev–Trinajstić information content (AvgIpc) is 2.46. The van der Waals surface area contributed by atoms with E-state index in [0.717, 1.165) is 5.56 Å². The summed E-state index contributed by atoms with van der Waals surface area (Å²) >= 11 is 0. The SMILES string of the molecule is CCc1nc(-c2ccc(C)cc2)nc(C(C)C)c1C(=O)O. The second-order valence-electron chi connectivity index (χ2n) is 5.43. The first-order valence-corrected chi connectivity index (χ1v) is 7.15. The van der Waals surface area contributed by atoms with E-state index in [-0.39, 0.29) is 11.5 Å². The number of rotatable bonds is 4. The molecule has 21 heavy (non-hydrogen) atoms. The molecule has 2 rings (SSSR count). The molecule has 0 aliphatic rings. The van der Waals surface area contributed by atoms with E-state index >= 15 is 0 Å². The van der Waals surface area contributed by atoms with Gasteiger partial charge in [0, 0.05) is 5.56 Å². The number of benzene rings is 1. The number of aryl methyl sites for hydroxylation is 2. The molecule has 4 nitrogen and oxygen atoms in total. The maximum Gasteiger partial charge on any atom is 0.339 e. The Morgan fingerprint density at radius 2 is 1.81 bits per heavy atom. The molecule has 0 saturated carbocycles. The number of hydrogen-bond acceptors (Lipinski definition) is 3. The Balaban J connectivity index is 2.66. The minimum Gasteiger partial charge on any atom is -0.478 e. The van der Waals surface area contributed by atoms with Gasteiger partial charge in [-0.05, 0) is 19.3 Å². The molecule has 0 spiro atoms. The topological polar surface area (TPSA) is 63.1 Å². The number of aromatic nitrogens is 2. The molecule has 0 aliphatic heterocycles. The zero-order valence-corrected chi connectivity index (χ0v) is 12.8. The van der Waals surface area contributed by atoms with E-state index in [0.29, 0.717) is 23.6 Å². The Morgan fingerprint density at radius 1 is 1.19 bits per heavy atom. The van der Waals surface area contributed by atoms with Gasteiger partial charge in [-0.15, -0.1) is 0 Å². The summed E-state index contributed by atoms with van der Waals surface area (Å²) in [6.45, 7) is 7.84. The summed E-state index contributed by atoms with van der Waals surface area (Å²) in [7, 11) is 0. The summed E-state index contributed by atoms with van der Waals surface area (Å²) in [5.74, 6) is -0.319. The number of carboxylic acid groups (broad SMARTS) is 1. The number of carboxylic acids is 1. The van der Waals surface area contributed by atoms with Crippen molar-refractivity contribution in [2.24, 2.45) is 0 Å². The molecule has 110 valence electrons. The third kappa shape index (κ3) is 3.10. The van der Waals surface area contributed by atoms with Gasteiger partial charge in [0.15, 0.2) is 5.82 Å². The zero-order valence-electron chi connectivity index (χ0n) is 12.8. The maximum atomic E-state index is 11.5. The Labute approximate surface area is 124 Å². The van der Waals surface area contributed by atoms with E-state index in [1.807, 2.05) is 52.0 Å². The van der Waals surface area contributed by atoms with Crippen LogP contribution in [0.25, 0.3) is 11.4 Å². The molecular weight excluding hydrogens is 264 g/mol. The number of carbonyl (C=O) groups is 1. The molecule has 0 radical (unpaired) electrons. The first kappa shape index (κ1) is 15.2. The summed E-state index contributed by atoms with van der Waals surface area (Å²) < 4.78 is 0. The van der Waals surface area contributed by atoms with Crippen LogP contribution < -0.4 is 0 Å². The van der Waals surface area contributed by atoms with Crippen molar-refractivity contribution in [1.29, 1.82) is 0 Å². The van der Waals surface area contributed by atoms with Gasteiger partial charge in [-0.3, -0.25) is 0 Å². The number of aromatic carboxylic acids is 1. The van der Waals surface area contributed by atoms with Crippen molar-refractivity contribution in [1.82, 2.24) is 9.97 Å². The molecule has 1 aromatic heterocycles. The van der Waals surface area contributed by atoms with Crippen LogP contribution in [0.1, 0.15) is 54.0 Å². The summed E-state index contributed by atoms with van der Waals surface area (Å²) in [4.78, 5) is 20.5. The van der Waals surface area contributed by atoms with Crippen molar-refractivity contribution in [3.05, 3.63) is 46.8 Å². The number of hydrogen-bond donors (Lipinski definition) is 1. The highest BCUT2D eigenvalue weighted by Crippen LogP contribution is 2.25. The van der Waals surface area contributed by atoms with E-state index in [1.54, 1.807) is 0 Å². The van der Waals surface area contributed by atoms with Crippen LogP contribution in [0.2, 0.25) is 0 Å². The molecule has 1 aromatic carbocycles. The molecule has 0 bridgehead atoms. The Morgan fingerprint density at radius 3 is 2.29 bits per heavy atom. The fourth-order valence-corrected chi connectivity index (χ4v) is 2.26. The highest BCUT2D eigenvalue weighted by molar-refractivity contribution is 5.90. The predicted molar refractivity (Wildman–Crippen MR) is 82.6 cm³/mol. The molecule has 1 N–H and O–H groups in total. The average molecular weight is 284 g/mol. The molecular formula is C17H20N2O2. The number of nitrogens with zero attached hydrogens (tertiary/aromatic N) is 2. The van der Waals surface area contributed by atoms with Crippen molar-refractivity contribution in [2.45, 2.75) is 40.0 Å². The van der Waals surface area contributed by atoms with Crippen LogP contribution in [0.4, 0.5) is 0 Å². The lowest BCUT2D eigenvalue weighted by Crippen LogP contribution is -2.13. The molecule has 0 amide bonds. The second-order valence-corrected chi connectivity index (χ2v) is 5.43. The van der Waals surface area contributed by atoms with Crippen LogP contribution in [0.5, 0.6) is 0 Å². The van der Waals surface area contributed by atoms with Crippen LogP contribution in [0.3, 0.4) is 0 Å². The lowest BCUT2D eigenvalue weighted by Gasteiger charge is -2.14. The Kier molecular flexibility index (Phi) is 4.36. The first-order chi connectivity index (χ1) is 9.93. The first-order valence-electron chi connectivity index (χ1n) is 7.15. The highest BCUT2D eigenvalue weighted by Gasteiger charge is 2.21. The van der Waals surface area contributed by atoms with E-state index in [9.17, 15) is 9.90 Å². The van der Waals surface area contributed by atoms with Crippen LogP contribution >= 0.6 is 0 Å². The van der Waals surface area contributed by atoms with Crippen molar-refractivity contribution >= 4 is 5.97 Å². The fourth-order valence-electron chi connectivity index (χ4n) is 2.26. The largest absolute Gasteiger partial charge is 0.478 e. The molecule has 0 aliphatic carbocycles. The summed E-state index contributed by atoms with van der Waals surface area (Å²) in [6.07, 6.45) is 0.572. The van der Waals surface area contributed by atoms with Crippen LogP contribution in [0.15, 0.2) is 24.3 Å². The van der Waals surface area contributed by atoms with Crippen molar-refractivity contribution in [3.63, 3.8) is 0 Å². The third-order valence-electron chi connectivity index (χ3n) is 3.42. The van der Waals surface area contributed by atoms with Crippen LogP contribution in [-0.4, -0.2) is 21.0 Å². The minimum atomic E-state index is -0.953. The second kappa shape index (κ2) is 6.04. The van der Waals surface area contributed by atoms with E-state index in [4.69, 9.17) is 0 Å².